The largest absolute Gasteiger partial charge is 0.422 e. The smallest absolute Gasteiger partial charge is 0.344 e. The van der Waals surface area contributed by atoms with Crippen molar-refractivity contribution in [3.63, 3.8) is 0 Å². The van der Waals surface area contributed by atoms with Crippen LogP contribution in [0.15, 0.2) is 42.6 Å². The Morgan fingerprint density at radius 3 is 2.72 bits per heavy atom. The highest BCUT2D eigenvalue weighted by Gasteiger charge is 2.25. The molecule has 88 valence electrons. The molecule has 0 radical (unpaired) electrons. The maximum atomic E-state index is 11.6. The van der Waals surface area contributed by atoms with Crippen LogP contribution < -0.4 is 0 Å². The standard InChI is InChI=1S/C15H11NO2/c1-10-6-7-16-11(8-10)9-14-12-4-2-3-5-13(12)15(17)18-14/h2-9H,1H3/b14-9-. The molecule has 18 heavy (non-hydrogen) atoms. The number of pyridine rings is 1. The van der Waals surface area contributed by atoms with E-state index in [4.69, 9.17) is 4.74 Å². The second-order valence-corrected chi connectivity index (χ2v) is 4.20. The maximum Gasteiger partial charge on any atom is 0.344 e. The molecule has 1 aromatic heterocycles. The molecule has 3 rings (SSSR count). The Balaban J connectivity index is 2.07. The number of carbonyl (C=O) groups is 1. The fraction of sp³-hybridized carbons (Fsp3) is 0.0667. The third kappa shape index (κ3) is 1.80. The number of aromatic nitrogens is 1. The summed E-state index contributed by atoms with van der Waals surface area (Å²) >= 11 is 0. The highest BCUT2D eigenvalue weighted by molar-refractivity contribution is 6.05. The van der Waals surface area contributed by atoms with E-state index in [-0.39, 0.29) is 5.97 Å². The van der Waals surface area contributed by atoms with E-state index in [2.05, 4.69) is 4.98 Å². The van der Waals surface area contributed by atoms with E-state index >= 15 is 0 Å². The van der Waals surface area contributed by atoms with E-state index in [0.29, 0.717) is 11.3 Å². The first-order valence-corrected chi connectivity index (χ1v) is 5.70. The molecule has 0 aliphatic carbocycles. The summed E-state index contributed by atoms with van der Waals surface area (Å²) in [5.41, 5.74) is 3.34. The zero-order chi connectivity index (χ0) is 12.5. The molecular weight excluding hydrogens is 226 g/mol. The summed E-state index contributed by atoms with van der Waals surface area (Å²) in [5.74, 6) is 0.262. The van der Waals surface area contributed by atoms with Crippen molar-refractivity contribution in [3.05, 3.63) is 65.0 Å². The lowest BCUT2D eigenvalue weighted by atomic mass is 10.1. The van der Waals surface area contributed by atoms with Crippen molar-refractivity contribution in [3.8, 4) is 0 Å². The summed E-state index contributed by atoms with van der Waals surface area (Å²) in [6, 6.07) is 11.2. The molecule has 2 heterocycles. The minimum atomic E-state index is -0.301. The lowest BCUT2D eigenvalue weighted by Crippen LogP contribution is -1.92. The Morgan fingerprint density at radius 1 is 1.17 bits per heavy atom. The Hall–Kier alpha value is -2.42. The van der Waals surface area contributed by atoms with Crippen LogP contribution in [-0.2, 0) is 4.74 Å². The third-order valence-corrected chi connectivity index (χ3v) is 2.83. The normalized spacial score (nSPS) is 15.6. The molecular formula is C15H11NO2. The van der Waals surface area contributed by atoms with Gasteiger partial charge >= 0.3 is 5.97 Å². The Labute approximate surface area is 105 Å². The summed E-state index contributed by atoms with van der Waals surface area (Å²) in [6.07, 6.45) is 3.53. The molecule has 0 fully saturated rings. The molecule has 0 amide bonds. The number of carbonyl (C=O) groups excluding carboxylic acids is 1. The number of cyclic esters (lactones) is 1. The molecule has 0 spiro atoms. The minimum Gasteiger partial charge on any atom is -0.422 e. The molecule has 0 atom stereocenters. The third-order valence-electron chi connectivity index (χ3n) is 2.83. The molecule has 0 N–H and O–H groups in total. The number of benzene rings is 1. The first-order valence-electron chi connectivity index (χ1n) is 5.70. The molecule has 1 aromatic carbocycles. The summed E-state index contributed by atoms with van der Waals surface area (Å²) in [5, 5.41) is 0. The van der Waals surface area contributed by atoms with E-state index in [0.717, 1.165) is 16.8 Å². The van der Waals surface area contributed by atoms with Gasteiger partial charge in [-0.25, -0.2) is 4.79 Å². The van der Waals surface area contributed by atoms with Crippen LogP contribution in [0.25, 0.3) is 11.8 Å². The van der Waals surface area contributed by atoms with Crippen molar-refractivity contribution in [2.75, 3.05) is 0 Å². The van der Waals surface area contributed by atoms with Crippen LogP contribution in [-0.4, -0.2) is 11.0 Å². The predicted octanol–water partition coefficient (Wildman–Crippen LogP) is 3.06. The molecule has 1 aliphatic rings. The van der Waals surface area contributed by atoms with E-state index in [1.807, 2.05) is 37.3 Å². The number of nitrogens with zero attached hydrogens (tertiary/aromatic N) is 1. The summed E-state index contributed by atoms with van der Waals surface area (Å²) in [4.78, 5) is 15.9. The van der Waals surface area contributed by atoms with Crippen molar-refractivity contribution < 1.29 is 9.53 Å². The first kappa shape index (κ1) is 10.7. The SMILES string of the molecule is Cc1ccnc(/C=C2\OC(=O)c3ccccc32)c1. The molecule has 0 saturated carbocycles. The van der Waals surface area contributed by atoms with Gasteiger partial charge in [0.25, 0.3) is 0 Å². The highest BCUT2D eigenvalue weighted by atomic mass is 16.5. The monoisotopic (exact) mass is 237 g/mol. The second kappa shape index (κ2) is 4.11. The Morgan fingerprint density at radius 2 is 1.94 bits per heavy atom. The minimum absolute atomic E-state index is 0.301. The van der Waals surface area contributed by atoms with E-state index < -0.39 is 0 Å². The van der Waals surface area contributed by atoms with Gasteiger partial charge in [-0.3, -0.25) is 4.98 Å². The van der Waals surface area contributed by atoms with Crippen molar-refractivity contribution in [2.24, 2.45) is 0 Å². The van der Waals surface area contributed by atoms with Gasteiger partial charge in [-0.05, 0) is 30.7 Å². The molecule has 0 saturated heterocycles. The zero-order valence-corrected chi connectivity index (χ0v) is 9.88. The molecule has 1 aliphatic heterocycles. The molecule has 3 heteroatoms. The lowest BCUT2D eigenvalue weighted by molar-refractivity contribution is 0.0717. The molecule has 3 nitrogen and oxygen atoms in total. The van der Waals surface area contributed by atoms with E-state index in [1.54, 1.807) is 18.3 Å². The van der Waals surface area contributed by atoms with Crippen molar-refractivity contribution in [1.82, 2.24) is 4.98 Å². The predicted molar refractivity (Wildman–Crippen MR) is 68.7 cm³/mol. The van der Waals surface area contributed by atoms with Crippen LogP contribution in [0, 0.1) is 6.92 Å². The van der Waals surface area contributed by atoms with Gasteiger partial charge in [0.15, 0.2) is 0 Å². The Kier molecular flexibility index (Phi) is 2.45. The van der Waals surface area contributed by atoms with Crippen LogP contribution in [0.4, 0.5) is 0 Å². The number of hydrogen-bond donors (Lipinski definition) is 0. The fourth-order valence-electron chi connectivity index (χ4n) is 1.97. The molecule has 2 aromatic rings. The molecule has 0 unspecified atom stereocenters. The summed E-state index contributed by atoms with van der Waals surface area (Å²) < 4.78 is 5.26. The zero-order valence-electron chi connectivity index (χ0n) is 9.88. The quantitative estimate of drug-likeness (QED) is 0.715. The van der Waals surface area contributed by atoms with Gasteiger partial charge in [0.2, 0.25) is 0 Å². The van der Waals surface area contributed by atoms with Crippen LogP contribution in [0.3, 0.4) is 0 Å². The average Bonchev–Trinajstić information content (AvgIpc) is 2.67. The van der Waals surface area contributed by atoms with E-state index in [9.17, 15) is 4.79 Å². The van der Waals surface area contributed by atoms with Gasteiger partial charge < -0.3 is 4.74 Å². The number of esters is 1. The van der Waals surface area contributed by atoms with Crippen molar-refractivity contribution in [1.29, 1.82) is 0 Å². The number of hydrogen-bond acceptors (Lipinski definition) is 3. The molecule has 0 bridgehead atoms. The topological polar surface area (TPSA) is 39.2 Å². The second-order valence-electron chi connectivity index (χ2n) is 4.20. The van der Waals surface area contributed by atoms with Gasteiger partial charge in [0.1, 0.15) is 5.76 Å². The van der Waals surface area contributed by atoms with Crippen LogP contribution >= 0.6 is 0 Å². The number of rotatable bonds is 1. The number of ether oxygens (including phenoxy) is 1. The van der Waals surface area contributed by atoms with Crippen molar-refractivity contribution >= 4 is 17.8 Å². The number of aryl methyl sites for hydroxylation is 1. The summed E-state index contributed by atoms with van der Waals surface area (Å²) in [7, 11) is 0. The van der Waals surface area contributed by atoms with Gasteiger partial charge in [-0.15, -0.1) is 0 Å². The van der Waals surface area contributed by atoms with Crippen molar-refractivity contribution in [2.45, 2.75) is 6.92 Å². The van der Waals surface area contributed by atoms with E-state index in [1.165, 1.54) is 0 Å². The fourth-order valence-corrected chi connectivity index (χ4v) is 1.97. The van der Waals surface area contributed by atoms with Gasteiger partial charge in [-0.2, -0.15) is 0 Å². The highest BCUT2D eigenvalue weighted by Crippen LogP contribution is 2.30. The van der Waals surface area contributed by atoms with Crippen LogP contribution in [0.5, 0.6) is 0 Å². The maximum absolute atomic E-state index is 11.6. The lowest BCUT2D eigenvalue weighted by Gasteiger charge is -1.99. The first-order chi connectivity index (χ1) is 8.74. The van der Waals surface area contributed by atoms with Gasteiger partial charge in [0, 0.05) is 17.8 Å². The Bertz CT molecular complexity index is 659. The summed E-state index contributed by atoms with van der Waals surface area (Å²) in [6.45, 7) is 2.00. The van der Waals surface area contributed by atoms with Gasteiger partial charge in [-0.1, -0.05) is 18.2 Å². The van der Waals surface area contributed by atoms with Gasteiger partial charge in [0.05, 0.1) is 11.3 Å². The van der Waals surface area contributed by atoms with Crippen LogP contribution in [0.1, 0.15) is 27.2 Å². The number of fused-ring (bicyclic) bond motifs is 1. The average molecular weight is 237 g/mol. The van der Waals surface area contributed by atoms with Crippen LogP contribution in [0.2, 0.25) is 0 Å².